The van der Waals surface area contributed by atoms with Crippen LogP contribution in [0.5, 0.6) is 0 Å². The number of nitro groups is 1. The first kappa shape index (κ1) is 19.8. The smallest absolute Gasteiger partial charge is 0.416 e. The van der Waals surface area contributed by atoms with E-state index in [-0.39, 0.29) is 24.0 Å². The summed E-state index contributed by atoms with van der Waals surface area (Å²) in [7, 11) is 0. The predicted octanol–water partition coefficient (Wildman–Crippen LogP) is 3.79. The number of amides is 1. The van der Waals surface area contributed by atoms with Gasteiger partial charge in [0.1, 0.15) is 12.8 Å². The monoisotopic (exact) mass is 384 g/mol. The summed E-state index contributed by atoms with van der Waals surface area (Å²) < 4.78 is 5.43. The van der Waals surface area contributed by atoms with Crippen LogP contribution in [0.15, 0.2) is 54.6 Å². The lowest BCUT2D eigenvalue weighted by molar-refractivity contribution is -0.485. The van der Waals surface area contributed by atoms with E-state index in [1.165, 1.54) is 4.90 Å². The van der Waals surface area contributed by atoms with E-state index in [0.717, 1.165) is 5.56 Å². The lowest BCUT2D eigenvalue weighted by Crippen LogP contribution is -2.52. The largest absolute Gasteiger partial charge is 0.444 e. The van der Waals surface area contributed by atoms with Crippen molar-refractivity contribution in [3.63, 3.8) is 0 Å². The molecule has 3 rings (SSSR count). The third-order valence-electron chi connectivity index (χ3n) is 5.19. The van der Waals surface area contributed by atoms with Crippen LogP contribution in [-0.4, -0.2) is 28.9 Å². The second kappa shape index (κ2) is 8.39. The van der Waals surface area contributed by atoms with Crippen molar-refractivity contribution in [3.8, 4) is 0 Å². The van der Waals surface area contributed by atoms with Crippen LogP contribution in [0.25, 0.3) is 0 Å². The molecule has 0 fully saturated rings. The lowest BCUT2D eigenvalue weighted by Gasteiger charge is -2.43. The van der Waals surface area contributed by atoms with E-state index >= 15 is 0 Å². The average molecular weight is 384 g/mol. The van der Waals surface area contributed by atoms with Gasteiger partial charge in [0.15, 0.2) is 0 Å². The fourth-order valence-electron chi connectivity index (χ4n) is 3.93. The van der Waals surface area contributed by atoms with Gasteiger partial charge in [-0.2, -0.15) is 0 Å². The van der Waals surface area contributed by atoms with Gasteiger partial charge in [-0.3, -0.25) is 15.0 Å². The Kier molecular flexibility index (Phi) is 5.94. The Morgan fingerprint density at radius 1 is 1.18 bits per heavy atom. The zero-order chi connectivity index (χ0) is 20.3. The minimum absolute atomic E-state index is 0.0715. The molecule has 7 heteroatoms. The Morgan fingerprint density at radius 3 is 2.46 bits per heavy atom. The Bertz CT molecular complexity index is 840. The number of aliphatic hydroxyl groups excluding tert-OH is 1. The number of rotatable bonds is 5. The minimum atomic E-state index is -1.21. The molecule has 1 aliphatic rings. The summed E-state index contributed by atoms with van der Waals surface area (Å²) in [4.78, 5) is 25.0. The molecule has 2 aromatic carbocycles. The van der Waals surface area contributed by atoms with Gasteiger partial charge in [-0.1, -0.05) is 62.4 Å². The fraction of sp³-hybridized carbons (Fsp3) is 0.381. The molecule has 0 spiro atoms. The summed E-state index contributed by atoms with van der Waals surface area (Å²) in [6.07, 6.45) is -1.88. The maximum Gasteiger partial charge on any atom is 0.416 e. The summed E-state index contributed by atoms with van der Waals surface area (Å²) >= 11 is 0. The highest BCUT2D eigenvalue weighted by Gasteiger charge is 2.46. The number of hydrogen-bond acceptors (Lipinski definition) is 5. The molecule has 28 heavy (non-hydrogen) atoms. The maximum absolute atomic E-state index is 12.9. The molecule has 1 amide bonds. The highest BCUT2D eigenvalue weighted by molar-refractivity contribution is 5.90. The fourth-order valence-corrected chi connectivity index (χ4v) is 3.93. The zero-order valence-electron chi connectivity index (χ0n) is 15.9. The summed E-state index contributed by atoms with van der Waals surface area (Å²) in [5, 5.41) is 22.2. The average Bonchev–Trinajstić information content (AvgIpc) is 2.66. The highest BCUT2D eigenvalue weighted by atomic mass is 16.6. The molecular weight excluding hydrogens is 360 g/mol. The van der Waals surface area contributed by atoms with Gasteiger partial charge in [-0.15, -0.1) is 0 Å². The van der Waals surface area contributed by atoms with Gasteiger partial charge < -0.3 is 9.84 Å². The van der Waals surface area contributed by atoms with Crippen molar-refractivity contribution in [1.29, 1.82) is 0 Å². The van der Waals surface area contributed by atoms with E-state index < -0.39 is 24.2 Å². The van der Waals surface area contributed by atoms with Gasteiger partial charge in [0.2, 0.25) is 6.54 Å². The minimum Gasteiger partial charge on any atom is -0.444 e. The van der Waals surface area contributed by atoms with Crippen LogP contribution in [0.1, 0.15) is 30.9 Å². The molecular formula is C21H24N2O5. The van der Waals surface area contributed by atoms with Gasteiger partial charge in [0, 0.05) is 10.8 Å². The van der Waals surface area contributed by atoms with E-state index in [2.05, 4.69) is 0 Å². The second-order valence-electron chi connectivity index (χ2n) is 7.33. The van der Waals surface area contributed by atoms with Crippen LogP contribution in [0.4, 0.5) is 10.5 Å². The first-order valence-electron chi connectivity index (χ1n) is 9.29. The summed E-state index contributed by atoms with van der Waals surface area (Å²) in [6, 6.07) is 16.3. The van der Waals surface area contributed by atoms with Crippen molar-refractivity contribution < 1.29 is 19.6 Å². The summed E-state index contributed by atoms with van der Waals surface area (Å²) in [5.74, 6) is -1.04. The number of para-hydroxylation sites is 1. The Hall–Kier alpha value is -2.93. The highest BCUT2D eigenvalue weighted by Crippen LogP contribution is 2.44. The molecule has 0 bridgehead atoms. The molecule has 3 atom stereocenters. The summed E-state index contributed by atoms with van der Waals surface area (Å²) in [6.45, 7) is 3.56. The standard InChI is InChI=1S/C21H24N2O5/c1-14(2)19-17(12-22(26)27)16-10-6-7-11-18(16)23(20(19)24)21(25)28-13-15-8-4-3-5-9-15/h3-11,14,17,19-20,24H,12-13H2,1-2H3/t17-,19-,20-/m1/s1. The van der Waals surface area contributed by atoms with Crippen LogP contribution in [0, 0.1) is 22.0 Å². The Balaban J connectivity index is 1.93. The normalized spacial score (nSPS) is 21.3. The van der Waals surface area contributed by atoms with Crippen LogP contribution >= 0.6 is 0 Å². The number of anilines is 1. The van der Waals surface area contributed by atoms with Crippen molar-refractivity contribution in [2.24, 2.45) is 11.8 Å². The van der Waals surface area contributed by atoms with Gasteiger partial charge in [0.25, 0.3) is 0 Å². The number of hydrogen-bond donors (Lipinski definition) is 1. The van der Waals surface area contributed by atoms with Crippen molar-refractivity contribution in [1.82, 2.24) is 0 Å². The molecule has 7 nitrogen and oxygen atoms in total. The molecule has 0 unspecified atom stereocenters. The molecule has 0 aliphatic carbocycles. The SMILES string of the molecule is CC(C)[C@@H]1[C@H](C[N+](=O)[O-])c2ccccc2N(C(=O)OCc2ccccc2)[C@@H]1O. The number of fused-ring (bicyclic) bond motifs is 1. The molecule has 1 aliphatic heterocycles. The van der Waals surface area contributed by atoms with E-state index in [9.17, 15) is 20.0 Å². The van der Waals surface area contributed by atoms with Gasteiger partial charge in [-0.05, 0) is 23.1 Å². The number of ether oxygens (including phenoxy) is 1. The van der Waals surface area contributed by atoms with Crippen molar-refractivity contribution in [2.75, 3.05) is 11.4 Å². The number of carbonyl (C=O) groups excluding carboxylic acids is 1. The topological polar surface area (TPSA) is 92.9 Å². The third kappa shape index (κ3) is 3.99. The molecule has 2 aromatic rings. The number of carbonyl (C=O) groups is 1. The van der Waals surface area contributed by atoms with Crippen LogP contribution in [-0.2, 0) is 11.3 Å². The lowest BCUT2D eigenvalue weighted by atomic mass is 9.74. The number of benzene rings is 2. The van der Waals surface area contributed by atoms with E-state index in [1.54, 1.807) is 24.3 Å². The molecule has 0 saturated heterocycles. The van der Waals surface area contributed by atoms with Gasteiger partial charge >= 0.3 is 6.09 Å². The Labute approximate surface area is 163 Å². The van der Waals surface area contributed by atoms with Crippen LogP contribution in [0.3, 0.4) is 0 Å². The second-order valence-corrected chi connectivity index (χ2v) is 7.33. The molecule has 0 aromatic heterocycles. The van der Waals surface area contributed by atoms with Gasteiger partial charge in [-0.25, -0.2) is 4.79 Å². The van der Waals surface area contributed by atoms with Crippen LogP contribution < -0.4 is 4.90 Å². The predicted molar refractivity (Wildman–Crippen MR) is 104 cm³/mol. The van der Waals surface area contributed by atoms with E-state index in [4.69, 9.17) is 4.74 Å². The molecule has 1 heterocycles. The van der Waals surface area contributed by atoms with Crippen molar-refractivity contribution in [2.45, 2.75) is 32.6 Å². The Morgan fingerprint density at radius 2 is 1.82 bits per heavy atom. The molecule has 0 saturated carbocycles. The third-order valence-corrected chi connectivity index (χ3v) is 5.19. The van der Waals surface area contributed by atoms with E-state index in [0.29, 0.717) is 11.3 Å². The maximum atomic E-state index is 12.9. The first-order chi connectivity index (χ1) is 13.4. The van der Waals surface area contributed by atoms with Crippen molar-refractivity contribution >= 4 is 11.8 Å². The number of nitrogens with zero attached hydrogens (tertiary/aromatic N) is 2. The molecule has 1 N–H and O–H groups in total. The van der Waals surface area contributed by atoms with E-state index in [1.807, 2.05) is 44.2 Å². The van der Waals surface area contributed by atoms with Crippen molar-refractivity contribution in [3.05, 3.63) is 75.8 Å². The zero-order valence-corrected chi connectivity index (χ0v) is 15.9. The number of aliphatic hydroxyl groups is 1. The van der Waals surface area contributed by atoms with Gasteiger partial charge in [0.05, 0.1) is 11.6 Å². The quantitative estimate of drug-likeness (QED) is 0.625. The molecule has 0 radical (unpaired) electrons. The summed E-state index contributed by atoms with van der Waals surface area (Å²) in [5.41, 5.74) is 1.97. The van der Waals surface area contributed by atoms with Crippen LogP contribution in [0.2, 0.25) is 0 Å². The molecule has 148 valence electrons. The first-order valence-corrected chi connectivity index (χ1v) is 9.29.